The Bertz CT molecular complexity index is 616. The summed E-state index contributed by atoms with van der Waals surface area (Å²) in [5.74, 6) is 2.30. The van der Waals surface area contributed by atoms with Gasteiger partial charge in [-0.1, -0.05) is 24.3 Å². The molecule has 1 aromatic heterocycles. The topological polar surface area (TPSA) is 47.1 Å². The van der Waals surface area contributed by atoms with E-state index in [2.05, 4.69) is 34.3 Å². The second kappa shape index (κ2) is 4.88. The molecule has 0 radical (unpaired) electrons. The number of fused-ring (bicyclic) bond motifs is 3. The van der Waals surface area contributed by atoms with Crippen molar-refractivity contribution in [3.63, 3.8) is 0 Å². The fourth-order valence-electron chi connectivity index (χ4n) is 3.87. The number of aryl methyl sites for hydroxylation is 1. The molecule has 3 saturated heterocycles. The summed E-state index contributed by atoms with van der Waals surface area (Å²) in [6.07, 6.45) is 2.73. The lowest BCUT2D eigenvalue weighted by Gasteiger charge is -2.45. The van der Waals surface area contributed by atoms with Gasteiger partial charge < -0.3 is 10.6 Å². The Balaban J connectivity index is 1.59. The first-order valence-electron chi connectivity index (χ1n) is 7.83. The minimum Gasteiger partial charge on any atom is -0.384 e. The maximum absolute atomic E-state index is 5.86. The Hall–Kier alpha value is -1.81. The quantitative estimate of drug-likeness (QED) is 0.920. The Morgan fingerprint density at radius 2 is 1.86 bits per heavy atom. The zero-order valence-electron chi connectivity index (χ0n) is 12.5. The highest BCUT2D eigenvalue weighted by molar-refractivity contribution is 5.62. The Morgan fingerprint density at radius 1 is 1.14 bits per heavy atom. The van der Waals surface area contributed by atoms with Crippen molar-refractivity contribution in [3.8, 4) is 11.3 Å². The normalized spacial score (nSPS) is 28.0. The third-order valence-corrected chi connectivity index (χ3v) is 5.21. The van der Waals surface area contributed by atoms with Crippen LogP contribution in [0.1, 0.15) is 24.3 Å². The molecule has 0 saturated carbocycles. The number of rotatable bonds is 2. The molecule has 3 aliphatic heterocycles. The Kier molecular flexibility index (Phi) is 3.00. The zero-order valence-corrected chi connectivity index (χ0v) is 12.5. The third-order valence-electron chi connectivity index (χ3n) is 5.21. The molecule has 0 aliphatic carbocycles. The number of benzene rings is 1. The van der Waals surface area contributed by atoms with Crippen molar-refractivity contribution in [2.45, 2.75) is 18.8 Å². The largest absolute Gasteiger partial charge is 0.384 e. The van der Waals surface area contributed by atoms with Crippen molar-refractivity contribution in [2.24, 2.45) is 13.0 Å². The molecule has 4 heterocycles. The monoisotopic (exact) mass is 282 g/mol. The van der Waals surface area contributed by atoms with Crippen LogP contribution in [-0.4, -0.2) is 34.3 Å². The fourth-order valence-corrected chi connectivity index (χ4v) is 3.87. The maximum Gasteiger partial charge on any atom is 0.121 e. The molecule has 1 unspecified atom stereocenters. The second-order valence-corrected chi connectivity index (χ2v) is 6.44. The lowest BCUT2D eigenvalue weighted by Crippen LogP contribution is -2.46. The Morgan fingerprint density at radius 3 is 2.38 bits per heavy atom. The lowest BCUT2D eigenvalue weighted by atomic mass is 9.75. The van der Waals surface area contributed by atoms with E-state index in [0.717, 1.165) is 23.1 Å². The van der Waals surface area contributed by atoms with Crippen LogP contribution in [-0.2, 0) is 7.05 Å². The van der Waals surface area contributed by atoms with Gasteiger partial charge in [-0.3, -0.25) is 4.68 Å². The summed E-state index contributed by atoms with van der Waals surface area (Å²) in [6, 6.07) is 10.9. The number of nitrogens with two attached hydrogens (primary N) is 1. The minimum absolute atomic E-state index is 0.700. The summed E-state index contributed by atoms with van der Waals surface area (Å²) in [7, 11) is 1.88. The zero-order chi connectivity index (χ0) is 14.4. The van der Waals surface area contributed by atoms with Gasteiger partial charge in [-0.15, -0.1) is 0 Å². The molecule has 4 nitrogen and oxygen atoms in total. The molecule has 0 spiro atoms. The van der Waals surface area contributed by atoms with Crippen LogP contribution >= 0.6 is 0 Å². The average molecular weight is 282 g/mol. The van der Waals surface area contributed by atoms with Crippen LogP contribution in [0.15, 0.2) is 30.3 Å². The summed E-state index contributed by atoms with van der Waals surface area (Å²) in [5, 5.41) is 4.44. The van der Waals surface area contributed by atoms with Gasteiger partial charge in [0.2, 0.25) is 0 Å². The van der Waals surface area contributed by atoms with Crippen LogP contribution < -0.4 is 5.73 Å². The fraction of sp³-hybridized carbons (Fsp3) is 0.471. The highest BCUT2D eigenvalue weighted by Gasteiger charge is 2.34. The molecule has 4 heteroatoms. The molecule has 3 aliphatic rings. The number of hydrogen-bond donors (Lipinski definition) is 1. The van der Waals surface area contributed by atoms with Crippen LogP contribution in [0.3, 0.4) is 0 Å². The maximum atomic E-state index is 5.86. The number of aromatic nitrogens is 2. The van der Waals surface area contributed by atoms with Crippen LogP contribution in [0.5, 0.6) is 0 Å². The van der Waals surface area contributed by atoms with Crippen LogP contribution in [0, 0.1) is 5.92 Å². The van der Waals surface area contributed by atoms with E-state index < -0.39 is 0 Å². The van der Waals surface area contributed by atoms with Gasteiger partial charge in [0.1, 0.15) is 5.82 Å². The van der Waals surface area contributed by atoms with Crippen molar-refractivity contribution in [2.75, 3.05) is 25.4 Å². The molecule has 2 N–H and O–H groups in total. The van der Waals surface area contributed by atoms with E-state index in [1.807, 2.05) is 13.1 Å². The van der Waals surface area contributed by atoms with E-state index in [0.29, 0.717) is 5.82 Å². The van der Waals surface area contributed by atoms with Gasteiger partial charge in [0.25, 0.3) is 0 Å². The van der Waals surface area contributed by atoms with E-state index in [9.17, 15) is 0 Å². The van der Waals surface area contributed by atoms with E-state index in [1.165, 1.54) is 38.0 Å². The Labute approximate surface area is 125 Å². The lowest BCUT2D eigenvalue weighted by molar-refractivity contribution is 0.0871. The smallest absolute Gasteiger partial charge is 0.121 e. The molecule has 5 rings (SSSR count). The molecule has 1 aromatic carbocycles. The molecule has 2 aromatic rings. The van der Waals surface area contributed by atoms with Crippen LogP contribution in [0.4, 0.5) is 5.82 Å². The van der Waals surface area contributed by atoms with Crippen molar-refractivity contribution in [1.82, 2.24) is 14.7 Å². The van der Waals surface area contributed by atoms with Crippen LogP contribution in [0.25, 0.3) is 11.3 Å². The first kappa shape index (κ1) is 12.9. The summed E-state index contributed by atoms with van der Waals surface area (Å²) in [5.41, 5.74) is 9.44. The van der Waals surface area contributed by atoms with Crippen molar-refractivity contribution >= 4 is 5.82 Å². The van der Waals surface area contributed by atoms with Gasteiger partial charge in [0, 0.05) is 25.2 Å². The number of piperidine rings is 3. The standard InChI is InChI=1S/C17H22N4/c1-20-17(18)10-16(19-20)14-4-2-12(3-5-14)15-11-21-8-6-13(15)7-9-21/h2-5,10,13,15H,6-9,11,18H2,1H3. The molecule has 2 bridgehead atoms. The molecule has 21 heavy (non-hydrogen) atoms. The van der Waals surface area contributed by atoms with Crippen LogP contribution in [0.2, 0.25) is 0 Å². The van der Waals surface area contributed by atoms with Crippen molar-refractivity contribution < 1.29 is 0 Å². The van der Waals surface area contributed by atoms with E-state index >= 15 is 0 Å². The van der Waals surface area contributed by atoms with Gasteiger partial charge in [0.05, 0.1) is 5.69 Å². The predicted octanol–water partition coefficient (Wildman–Crippen LogP) is 2.48. The second-order valence-electron chi connectivity index (χ2n) is 6.44. The number of anilines is 1. The predicted molar refractivity (Wildman–Crippen MR) is 85.0 cm³/mol. The SMILES string of the molecule is Cn1nc(-c2ccc(C3CN4CCC3CC4)cc2)cc1N. The minimum atomic E-state index is 0.700. The molecule has 110 valence electrons. The number of nitrogen functional groups attached to an aromatic ring is 1. The average Bonchev–Trinajstić information content (AvgIpc) is 2.88. The molecular formula is C17H22N4. The summed E-state index contributed by atoms with van der Waals surface area (Å²) >= 11 is 0. The molecular weight excluding hydrogens is 260 g/mol. The van der Waals surface area contributed by atoms with Crippen molar-refractivity contribution in [1.29, 1.82) is 0 Å². The van der Waals surface area contributed by atoms with Crippen molar-refractivity contribution in [3.05, 3.63) is 35.9 Å². The highest BCUT2D eigenvalue weighted by Crippen LogP contribution is 2.39. The van der Waals surface area contributed by atoms with Gasteiger partial charge in [-0.05, 0) is 43.3 Å². The third kappa shape index (κ3) is 2.23. The van der Waals surface area contributed by atoms with Gasteiger partial charge >= 0.3 is 0 Å². The van der Waals surface area contributed by atoms with Gasteiger partial charge in [0.15, 0.2) is 0 Å². The first-order valence-corrected chi connectivity index (χ1v) is 7.83. The molecule has 1 atom stereocenters. The number of nitrogens with zero attached hydrogens (tertiary/aromatic N) is 3. The molecule has 0 amide bonds. The van der Waals surface area contributed by atoms with Gasteiger partial charge in [-0.25, -0.2) is 0 Å². The summed E-state index contributed by atoms with van der Waals surface area (Å²) < 4.78 is 1.72. The number of hydrogen-bond acceptors (Lipinski definition) is 3. The molecule has 3 fully saturated rings. The summed E-state index contributed by atoms with van der Waals surface area (Å²) in [6.45, 7) is 3.83. The van der Waals surface area contributed by atoms with Gasteiger partial charge in [-0.2, -0.15) is 5.10 Å². The van der Waals surface area contributed by atoms with E-state index in [1.54, 1.807) is 4.68 Å². The van der Waals surface area contributed by atoms with E-state index in [4.69, 9.17) is 5.73 Å². The van der Waals surface area contributed by atoms with E-state index in [-0.39, 0.29) is 0 Å². The first-order chi connectivity index (χ1) is 10.2. The highest BCUT2D eigenvalue weighted by atomic mass is 15.3. The summed E-state index contributed by atoms with van der Waals surface area (Å²) in [4.78, 5) is 2.61.